The molecule has 0 aliphatic carbocycles. The second kappa shape index (κ2) is 5.99. The molecule has 0 spiro atoms. The zero-order chi connectivity index (χ0) is 14.9. The number of aromatic nitrogens is 1. The van der Waals surface area contributed by atoms with Gasteiger partial charge >= 0.3 is 0 Å². The predicted molar refractivity (Wildman–Crippen MR) is 91.3 cm³/mol. The molecule has 0 N–H and O–H groups in total. The van der Waals surface area contributed by atoms with Crippen LogP contribution in [0.15, 0.2) is 39.4 Å². The summed E-state index contributed by atoms with van der Waals surface area (Å²) in [6.07, 6.45) is 2.51. The molecule has 114 valence electrons. The van der Waals surface area contributed by atoms with Crippen LogP contribution in [0, 0.1) is 6.92 Å². The van der Waals surface area contributed by atoms with Crippen molar-refractivity contribution < 1.29 is 4.42 Å². The summed E-state index contributed by atoms with van der Waals surface area (Å²) in [5, 5.41) is 4.23. The molecule has 4 heterocycles. The summed E-state index contributed by atoms with van der Waals surface area (Å²) in [6.45, 7) is 4.04. The maximum Gasteiger partial charge on any atom is 0.236 e. The van der Waals surface area contributed by atoms with E-state index in [0.29, 0.717) is 6.04 Å². The first kappa shape index (κ1) is 14.2. The smallest absolute Gasteiger partial charge is 0.236 e. The van der Waals surface area contributed by atoms with Crippen molar-refractivity contribution in [1.29, 1.82) is 0 Å². The fourth-order valence-corrected chi connectivity index (χ4v) is 4.64. The zero-order valence-electron chi connectivity index (χ0n) is 12.5. The fourth-order valence-electron chi connectivity index (χ4n) is 3.09. The molecule has 22 heavy (non-hydrogen) atoms. The van der Waals surface area contributed by atoms with Gasteiger partial charge in [-0.05, 0) is 49.2 Å². The maximum absolute atomic E-state index is 5.87. The Labute approximate surface area is 138 Å². The van der Waals surface area contributed by atoms with E-state index in [1.54, 1.807) is 11.3 Å². The predicted octanol–water partition coefficient (Wildman–Crippen LogP) is 5.11. The molecule has 3 nitrogen and oxygen atoms in total. The molecular weight excluding hydrogens is 312 g/mol. The summed E-state index contributed by atoms with van der Waals surface area (Å²) >= 11 is 3.53. The lowest BCUT2D eigenvalue weighted by Gasteiger charge is -2.22. The van der Waals surface area contributed by atoms with Gasteiger partial charge in [0, 0.05) is 17.5 Å². The second-order valence-electron chi connectivity index (χ2n) is 5.64. The number of rotatable bonds is 4. The third kappa shape index (κ3) is 2.64. The summed E-state index contributed by atoms with van der Waals surface area (Å²) < 4.78 is 5.87. The Morgan fingerprint density at radius 3 is 2.91 bits per heavy atom. The van der Waals surface area contributed by atoms with Crippen molar-refractivity contribution in [3.05, 3.63) is 51.4 Å². The van der Waals surface area contributed by atoms with Crippen LogP contribution in [0.4, 0.5) is 0 Å². The molecule has 0 aromatic carbocycles. The molecule has 0 bridgehead atoms. The first-order valence-electron chi connectivity index (χ1n) is 7.59. The number of hydrogen-bond donors (Lipinski definition) is 0. The van der Waals surface area contributed by atoms with E-state index in [1.165, 1.54) is 17.7 Å². The van der Waals surface area contributed by atoms with Gasteiger partial charge in [-0.3, -0.25) is 4.90 Å². The Morgan fingerprint density at radius 2 is 2.14 bits per heavy atom. The number of thiophene rings is 2. The quantitative estimate of drug-likeness (QED) is 0.665. The first-order chi connectivity index (χ1) is 10.8. The number of hydrogen-bond acceptors (Lipinski definition) is 5. The van der Waals surface area contributed by atoms with Gasteiger partial charge in [-0.1, -0.05) is 12.1 Å². The summed E-state index contributed by atoms with van der Waals surface area (Å²) in [7, 11) is 0. The van der Waals surface area contributed by atoms with Crippen LogP contribution in [0.5, 0.6) is 0 Å². The molecule has 0 amide bonds. The van der Waals surface area contributed by atoms with Crippen LogP contribution in [0.2, 0.25) is 0 Å². The van der Waals surface area contributed by atoms with E-state index in [9.17, 15) is 0 Å². The van der Waals surface area contributed by atoms with Crippen molar-refractivity contribution in [3.63, 3.8) is 0 Å². The Kier molecular flexibility index (Phi) is 3.86. The molecule has 0 saturated carbocycles. The highest BCUT2D eigenvalue weighted by atomic mass is 32.1. The van der Waals surface area contributed by atoms with Crippen LogP contribution < -0.4 is 0 Å². The minimum atomic E-state index is 0.543. The van der Waals surface area contributed by atoms with E-state index in [0.717, 1.165) is 35.3 Å². The van der Waals surface area contributed by atoms with E-state index in [4.69, 9.17) is 9.40 Å². The highest BCUT2D eigenvalue weighted by Crippen LogP contribution is 2.36. The number of oxazole rings is 1. The monoisotopic (exact) mass is 330 g/mol. The lowest BCUT2D eigenvalue weighted by molar-refractivity contribution is 0.247. The molecule has 1 aliphatic rings. The zero-order valence-corrected chi connectivity index (χ0v) is 14.1. The van der Waals surface area contributed by atoms with Gasteiger partial charge in [-0.25, -0.2) is 4.98 Å². The van der Waals surface area contributed by atoms with Crippen molar-refractivity contribution in [2.45, 2.75) is 32.4 Å². The molecule has 3 aromatic rings. The van der Waals surface area contributed by atoms with E-state index in [-0.39, 0.29) is 0 Å². The van der Waals surface area contributed by atoms with Crippen LogP contribution in [0.25, 0.3) is 10.8 Å². The van der Waals surface area contributed by atoms with Gasteiger partial charge in [-0.15, -0.1) is 22.7 Å². The molecule has 1 fully saturated rings. The number of likely N-dealkylation sites (tertiary alicyclic amines) is 1. The summed E-state index contributed by atoms with van der Waals surface area (Å²) in [6, 6.07) is 9.03. The Morgan fingerprint density at radius 1 is 1.27 bits per heavy atom. The minimum Gasteiger partial charge on any atom is -0.440 e. The topological polar surface area (TPSA) is 29.3 Å². The second-order valence-corrected chi connectivity index (χ2v) is 7.57. The summed E-state index contributed by atoms with van der Waals surface area (Å²) in [5.41, 5.74) is 1.08. The van der Waals surface area contributed by atoms with E-state index in [1.807, 2.05) is 24.3 Å². The highest BCUT2D eigenvalue weighted by molar-refractivity contribution is 7.13. The molecule has 4 rings (SSSR count). The average molecular weight is 330 g/mol. The van der Waals surface area contributed by atoms with Crippen LogP contribution in [0.1, 0.15) is 35.2 Å². The van der Waals surface area contributed by atoms with Gasteiger partial charge in [0.15, 0.2) is 0 Å². The normalized spacial score (nSPS) is 19.0. The van der Waals surface area contributed by atoms with Gasteiger partial charge in [-0.2, -0.15) is 0 Å². The Bertz CT molecular complexity index is 731. The van der Waals surface area contributed by atoms with Gasteiger partial charge < -0.3 is 4.42 Å². The van der Waals surface area contributed by atoms with Crippen molar-refractivity contribution in [2.75, 3.05) is 6.54 Å². The highest BCUT2D eigenvalue weighted by Gasteiger charge is 2.28. The minimum absolute atomic E-state index is 0.543. The number of nitrogens with zero attached hydrogens (tertiary/aromatic N) is 2. The van der Waals surface area contributed by atoms with Crippen molar-refractivity contribution >= 4 is 22.7 Å². The van der Waals surface area contributed by atoms with E-state index in [2.05, 4.69) is 33.9 Å². The molecule has 1 aliphatic heterocycles. The van der Waals surface area contributed by atoms with E-state index < -0.39 is 0 Å². The third-order valence-electron chi connectivity index (χ3n) is 4.21. The lowest BCUT2D eigenvalue weighted by Crippen LogP contribution is -2.22. The van der Waals surface area contributed by atoms with Crippen LogP contribution in [-0.2, 0) is 6.54 Å². The van der Waals surface area contributed by atoms with Gasteiger partial charge in [0.2, 0.25) is 5.89 Å². The van der Waals surface area contributed by atoms with Gasteiger partial charge in [0.05, 0.1) is 10.6 Å². The lowest BCUT2D eigenvalue weighted by atomic mass is 10.2. The van der Waals surface area contributed by atoms with Crippen LogP contribution >= 0.6 is 22.7 Å². The maximum atomic E-state index is 5.87. The molecule has 0 radical (unpaired) electrons. The molecular formula is C17H18N2OS2. The largest absolute Gasteiger partial charge is 0.440 e. The number of aryl methyl sites for hydroxylation is 1. The Hall–Kier alpha value is -1.43. The van der Waals surface area contributed by atoms with Crippen LogP contribution in [-0.4, -0.2) is 16.4 Å². The SMILES string of the molecule is Cc1oc(-c2cccs2)nc1CN1CCCC1c1cccs1. The Balaban J connectivity index is 1.56. The molecule has 1 atom stereocenters. The van der Waals surface area contributed by atoms with Gasteiger partial charge in [0.1, 0.15) is 5.76 Å². The molecule has 1 unspecified atom stereocenters. The molecule has 5 heteroatoms. The van der Waals surface area contributed by atoms with Crippen molar-refractivity contribution in [1.82, 2.24) is 9.88 Å². The summed E-state index contributed by atoms with van der Waals surface area (Å²) in [4.78, 5) is 9.85. The first-order valence-corrected chi connectivity index (χ1v) is 9.35. The van der Waals surface area contributed by atoms with Crippen molar-refractivity contribution in [3.8, 4) is 10.8 Å². The van der Waals surface area contributed by atoms with E-state index >= 15 is 0 Å². The standard InChI is InChI=1S/C17H18N2OS2/c1-12-13(18-17(20-12)16-7-4-10-22-16)11-19-8-2-5-14(19)15-6-3-9-21-15/h3-4,6-7,9-10,14H,2,5,8,11H2,1H3. The third-order valence-corrected chi connectivity index (χ3v) is 6.04. The fraction of sp³-hybridized carbons (Fsp3) is 0.353. The summed E-state index contributed by atoms with van der Waals surface area (Å²) in [5.74, 6) is 1.70. The van der Waals surface area contributed by atoms with Gasteiger partial charge in [0.25, 0.3) is 0 Å². The average Bonchev–Trinajstić information content (AvgIpc) is 3.27. The molecule has 1 saturated heterocycles. The molecule has 3 aromatic heterocycles. The van der Waals surface area contributed by atoms with Crippen LogP contribution in [0.3, 0.4) is 0 Å². The van der Waals surface area contributed by atoms with Crippen molar-refractivity contribution in [2.24, 2.45) is 0 Å².